The highest BCUT2D eigenvalue weighted by Crippen LogP contribution is 2.43. The summed E-state index contributed by atoms with van der Waals surface area (Å²) in [7, 11) is -3.94. The monoisotopic (exact) mass is 409 g/mol. The third-order valence-corrected chi connectivity index (χ3v) is 7.57. The van der Waals surface area contributed by atoms with Crippen LogP contribution in [0, 0.1) is 17.1 Å². The first kappa shape index (κ1) is 18.1. The average molecular weight is 409 g/mol. The maximum Gasteiger partial charge on any atom is 0.216 e. The minimum atomic E-state index is -3.94. The molecule has 2 aromatic heterocycles. The molecule has 0 radical (unpaired) electrons. The van der Waals surface area contributed by atoms with Gasteiger partial charge in [0.15, 0.2) is 0 Å². The molecule has 0 fully saturated rings. The fourth-order valence-electron chi connectivity index (χ4n) is 2.90. The van der Waals surface area contributed by atoms with Crippen LogP contribution in [0.3, 0.4) is 0 Å². The molecule has 2 aromatic carbocycles. The molecule has 0 bridgehead atoms. The lowest BCUT2D eigenvalue weighted by Crippen LogP contribution is -2.02. The fourth-order valence-corrected chi connectivity index (χ4v) is 5.99. The Bertz CT molecular complexity index is 1350. The Kier molecular flexibility index (Phi) is 4.34. The molecule has 0 atom stereocenters. The zero-order valence-corrected chi connectivity index (χ0v) is 15.9. The number of pyridine rings is 1. The first-order valence-electron chi connectivity index (χ1n) is 8.09. The standard InChI is InChI=1S/C20H12FN3O2S2/c21-14-6-4-13(5-7-14)18-17-9-15(23)11-24-19(17)27-20(18)28(25,26)16-3-1-2-12(8-16)10-22/h1-9,11H,23H2. The van der Waals surface area contributed by atoms with E-state index in [2.05, 4.69) is 4.98 Å². The summed E-state index contributed by atoms with van der Waals surface area (Å²) < 4.78 is 40.3. The highest BCUT2D eigenvalue weighted by Gasteiger charge is 2.27. The molecule has 4 rings (SSSR count). The Morgan fingerprint density at radius 1 is 1.11 bits per heavy atom. The minimum Gasteiger partial charge on any atom is -0.397 e. The van der Waals surface area contributed by atoms with Crippen LogP contribution in [0.25, 0.3) is 21.3 Å². The van der Waals surface area contributed by atoms with Crippen molar-refractivity contribution in [2.75, 3.05) is 5.73 Å². The Hall–Kier alpha value is -3.28. The number of nitrogens with zero attached hydrogens (tertiary/aromatic N) is 2. The SMILES string of the molecule is N#Cc1cccc(S(=O)(=O)c2sc3ncc(N)cc3c2-c2ccc(F)cc2)c1. The van der Waals surface area contributed by atoms with Gasteiger partial charge in [0.2, 0.25) is 9.84 Å². The van der Waals surface area contributed by atoms with Crippen LogP contribution in [-0.4, -0.2) is 13.4 Å². The maximum atomic E-state index is 13.4. The van der Waals surface area contributed by atoms with Crippen LogP contribution in [-0.2, 0) is 9.84 Å². The largest absolute Gasteiger partial charge is 0.397 e. The molecule has 8 heteroatoms. The van der Waals surface area contributed by atoms with Crippen molar-refractivity contribution in [3.8, 4) is 17.2 Å². The predicted octanol–water partition coefficient (Wildman–Crippen LogP) is 4.39. The lowest BCUT2D eigenvalue weighted by molar-refractivity contribution is 0.598. The van der Waals surface area contributed by atoms with E-state index < -0.39 is 15.7 Å². The van der Waals surface area contributed by atoms with Crippen molar-refractivity contribution in [3.05, 3.63) is 72.2 Å². The van der Waals surface area contributed by atoms with E-state index in [1.54, 1.807) is 6.07 Å². The molecule has 0 aliphatic carbocycles. The fraction of sp³-hybridized carbons (Fsp3) is 0. The molecule has 0 saturated carbocycles. The van der Waals surface area contributed by atoms with E-state index in [0.717, 1.165) is 11.3 Å². The molecule has 0 saturated heterocycles. The van der Waals surface area contributed by atoms with Gasteiger partial charge in [0.1, 0.15) is 14.9 Å². The minimum absolute atomic E-state index is 0.00874. The summed E-state index contributed by atoms with van der Waals surface area (Å²) >= 11 is 1.02. The van der Waals surface area contributed by atoms with Crippen molar-refractivity contribution in [2.45, 2.75) is 9.10 Å². The molecule has 28 heavy (non-hydrogen) atoms. The van der Waals surface area contributed by atoms with Crippen molar-refractivity contribution in [1.82, 2.24) is 4.98 Å². The summed E-state index contributed by atoms with van der Waals surface area (Å²) in [6.07, 6.45) is 1.46. The molecule has 138 valence electrons. The highest BCUT2D eigenvalue weighted by molar-refractivity contribution is 7.93. The Labute approximate surface area is 164 Å². The number of nitriles is 1. The number of fused-ring (bicyclic) bond motifs is 1. The van der Waals surface area contributed by atoms with Gasteiger partial charge in [0.05, 0.1) is 28.4 Å². The van der Waals surface area contributed by atoms with Crippen LogP contribution in [0.2, 0.25) is 0 Å². The van der Waals surface area contributed by atoms with Crippen LogP contribution in [0.4, 0.5) is 10.1 Å². The van der Waals surface area contributed by atoms with Gasteiger partial charge in [-0.25, -0.2) is 17.8 Å². The molecule has 5 nitrogen and oxygen atoms in total. The van der Waals surface area contributed by atoms with Crippen molar-refractivity contribution in [2.24, 2.45) is 0 Å². The van der Waals surface area contributed by atoms with E-state index in [0.29, 0.717) is 27.0 Å². The highest BCUT2D eigenvalue weighted by atomic mass is 32.2. The lowest BCUT2D eigenvalue weighted by Gasteiger charge is -2.07. The molecule has 2 heterocycles. The number of rotatable bonds is 3. The third kappa shape index (κ3) is 3.01. The Morgan fingerprint density at radius 2 is 1.86 bits per heavy atom. The van der Waals surface area contributed by atoms with Crippen molar-refractivity contribution >= 4 is 37.1 Å². The first-order valence-corrected chi connectivity index (χ1v) is 10.4. The topological polar surface area (TPSA) is 96.8 Å². The van der Waals surface area contributed by atoms with Crippen LogP contribution in [0.15, 0.2) is 69.9 Å². The maximum absolute atomic E-state index is 13.4. The zero-order chi connectivity index (χ0) is 19.9. The van der Waals surface area contributed by atoms with Crippen molar-refractivity contribution < 1.29 is 12.8 Å². The van der Waals surface area contributed by atoms with E-state index in [1.807, 2.05) is 6.07 Å². The number of nitrogen functional groups attached to an aromatic ring is 1. The summed E-state index contributed by atoms with van der Waals surface area (Å²) in [6, 6.07) is 15.0. The van der Waals surface area contributed by atoms with Gasteiger partial charge in [-0.15, -0.1) is 11.3 Å². The Morgan fingerprint density at radius 3 is 2.57 bits per heavy atom. The van der Waals surface area contributed by atoms with Crippen LogP contribution < -0.4 is 5.73 Å². The third-order valence-electron chi connectivity index (χ3n) is 4.19. The molecule has 4 aromatic rings. The van der Waals surface area contributed by atoms with Gasteiger partial charge in [0, 0.05) is 10.9 Å². The summed E-state index contributed by atoms with van der Waals surface area (Å²) in [4.78, 5) is 4.76. The molecular weight excluding hydrogens is 397 g/mol. The zero-order valence-electron chi connectivity index (χ0n) is 14.3. The number of anilines is 1. The van der Waals surface area contributed by atoms with E-state index in [9.17, 15) is 12.8 Å². The van der Waals surface area contributed by atoms with E-state index >= 15 is 0 Å². The summed E-state index contributed by atoms with van der Waals surface area (Å²) in [5.41, 5.74) is 7.45. The molecule has 0 aliphatic heterocycles. The number of sulfone groups is 1. The average Bonchev–Trinajstić information content (AvgIpc) is 3.08. The van der Waals surface area contributed by atoms with Crippen molar-refractivity contribution in [1.29, 1.82) is 5.26 Å². The van der Waals surface area contributed by atoms with Crippen LogP contribution >= 0.6 is 11.3 Å². The number of thiophene rings is 1. The normalized spacial score (nSPS) is 11.4. The van der Waals surface area contributed by atoms with Gasteiger partial charge in [-0.3, -0.25) is 0 Å². The second kappa shape index (κ2) is 6.71. The van der Waals surface area contributed by atoms with Crippen LogP contribution in [0.1, 0.15) is 5.56 Å². The van der Waals surface area contributed by atoms with Crippen LogP contribution in [0.5, 0.6) is 0 Å². The number of hydrogen-bond donors (Lipinski definition) is 1. The van der Waals surface area contributed by atoms with E-state index in [-0.39, 0.29) is 14.7 Å². The summed E-state index contributed by atoms with van der Waals surface area (Å²) in [6.45, 7) is 0. The molecule has 0 amide bonds. The second-order valence-corrected chi connectivity index (χ2v) is 9.18. The molecular formula is C20H12FN3O2S2. The number of benzene rings is 2. The van der Waals surface area contributed by atoms with Gasteiger partial charge in [-0.2, -0.15) is 5.26 Å². The lowest BCUT2D eigenvalue weighted by atomic mass is 10.1. The molecule has 2 N–H and O–H groups in total. The van der Waals surface area contributed by atoms with Gasteiger partial charge < -0.3 is 5.73 Å². The number of hydrogen-bond acceptors (Lipinski definition) is 6. The second-order valence-electron chi connectivity index (χ2n) is 6.04. The number of nitrogens with two attached hydrogens (primary N) is 1. The molecule has 0 aliphatic rings. The predicted molar refractivity (Wildman–Crippen MR) is 106 cm³/mol. The van der Waals surface area contributed by atoms with E-state index in [1.165, 1.54) is 54.7 Å². The molecule has 0 unspecified atom stereocenters. The van der Waals surface area contributed by atoms with Gasteiger partial charge >= 0.3 is 0 Å². The smallest absolute Gasteiger partial charge is 0.216 e. The first-order chi connectivity index (χ1) is 13.4. The Balaban J connectivity index is 2.05. The molecule has 0 spiro atoms. The number of halogens is 1. The summed E-state index contributed by atoms with van der Waals surface area (Å²) in [5.74, 6) is -0.424. The van der Waals surface area contributed by atoms with Gasteiger partial charge in [-0.1, -0.05) is 18.2 Å². The van der Waals surface area contributed by atoms with Crippen molar-refractivity contribution in [3.63, 3.8) is 0 Å². The van der Waals surface area contributed by atoms with Gasteiger partial charge in [0.25, 0.3) is 0 Å². The number of aromatic nitrogens is 1. The van der Waals surface area contributed by atoms with Gasteiger partial charge in [-0.05, 0) is 42.0 Å². The quantitative estimate of drug-likeness (QED) is 0.541. The summed E-state index contributed by atoms with van der Waals surface area (Å²) in [5, 5.41) is 9.68. The van der Waals surface area contributed by atoms with E-state index in [4.69, 9.17) is 11.0 Å².